The molecule has 0 aliphatic heterocycles. The second kappa shape index (κ2) is 11.0. The minimum Gasteiger partial charge on any atom is -0.216 e. The molecule has 0 aliphatic carbocycles. The van der Waals surface area contributed by atoms with Gasteiger partial charge in [0, 0.05) is 0 Å². The SMILES string of the molecule is [O]C(C(Cl)(Cl)Cl)(C(Cl)(Cl)Cl)C(Cl)(Cl)C(Cl)(Cl)C(Cl)(Cl)C(Cl)(Cl)C(Cl)(Cl)C(Cl)(Cl)C(Cl)(Cl)Cl. The van der Waals surface area contributed by atoms with E-state index in [0.29, 0.717) is 0 Å². The van der Waals surface area contributed by atoms with Crippen molar-refractivity contribution in [1.82, 2.24) is 0 Å². The van der Waals surface area contributed by atoms with Crippen LogP contribution in [0.5, 0.6) is 0 Å². The molecule has 0 aromatic carbocycles. The molecule has 0 aliphatic rings. The van der Waals surface area contributed by atoms with Gasteiger partial charge in [0.15, 0.2) is 21.7 Å². The van der Waals surface area contributed by atoms with Crippen LogP contribution in [-0.4, -0.2) is 43.0 Å². The van der Waals surface area contributed by atoms with Crippen LogP contribution in [0.15, 0.2) is 0 Å². The Morgan fingerprint density at radius 2 is 0.438 bits per heavy atom. The van der Waals surface area contributed by atoms with E-state index in [-0.39, 0.29) is 0 Å². The van der Waals surface area contributed by atoms with Gasteiger partial charge in [-0.25, -0.2) is 5.11 Å². The Kier molecular flexibility index (Phi) is 13.1. The summed E-state index contributed by atoms with van der Waals surface area (Å²) in [5.41, 5.74) is -3.79. The van der Waals surface area contributed by atoms with Crippen molar-refractivity contribution in [1.29, 1.82) is 0 Å². The second-order valence-corrected chi connectivity index (χ2v) is 20.4. The summed E-state index contributed by atoms with van der Waals surface area (Å²) in [5, 5.41) is 13.6. The van der Waals surface area contributed by atoms with Gasteiger partial charge in [0.25, 0.3) is 0 Å². The molecule has 32 heavy (non-hydrogen) atoms. The molecule has 0 bridgehead atoms. The Balaban J connectivity index is 7.19. The number of rotatable bonds is 6. The van der Waals surface area contributed by atoms with Crippen molar-refractivity contribution < 1.29 is 5.11 Å². The van der Waals surface area contributed by atoms with Crippen molar-refractivity contribution in [2.75, 3.05) is 0 Å². The zero-order valence-electron chi connectivity index (χ0n) is 13.3. The second-order valence-electron chi connectivity index (χ2n) is 5.62. The third kappa shape index (κ3) is 5.84. The number of hydrogen-bond donors (Lipinski definition) is 0. The molecule has 1 nitrogen and oxygen atoms in total. The zero-order valence-corrected chi connectivity index (χ0v) is 29.2. The van der Waals surface area contributed by atoms with Gasteiger partial charge in [-0.05, 0) is 0 Å². The lowest BCUT2D eigenvalue weighted by molar-refractivity contribution is -0.0427. The Morgan fingerprint density at radius 1 is 0.250 bits per heavy atom. The van der Waals surface area contributed by atoms with Crippen molar-refractivity contribution in [2.45, 2.75) is 43.0 Å². The van der Waals surface area contributed by atoms with E-state index in [1.165, 1.54) is 0 Å². The third-order valence-electron chi connectivity index (χ3n) is 3.57. The summed E-state index contributed by atoms with van der Waals surface area (Å²) < 4.78 is -28.7. The van der Waals surface area contributed by atoms with Gasteiger partial charge in [-0.15, -0.1) is 0 Å². The monoisotopic (exact) mass is 870 g/mol. The smallest absolute Gasteiger partial charge is 0.216 e. The molecule has 0 fully saturated rings. The van der Waals surface area contributed by atoms with E-state index in [1.54, 1.807) is 0 Å². The van der Waals surface area contributed by atoms with Crippen LogP contribution in [-0.2, 0) is 5.11 Å². The topological polar surface area (TPSA) is 19.9 Å². The molecular weight excluding hydrogens is 881 g/mol. The standard InChI is InChI=1S/C10Cl21O/c11-2(12,1(32,8(23,24)25)9(26,27)28)3(13,14)4(15,16)5(17,18)6(19,20)7(21,22)10(29,30)31. The van der Waals surface area contributed by atoms with Gasteiger partial charge < -0.3 is 0 Å². The fourth-order valence-corrected chi connectivity index (χ4v) is 9.29. The Hall–Kier alpha value is 6.05. The van der Waals surface area contributed by atoms with E-state index in [4.69, 9.17) is 244 Å². The molecule has 1 radical (unpaired) electrons. The van der Waals surface area contributed by atoms with E-state index < -0.39 is 43.0 Å². The summed E-state index contributed by atoms with van der Waals surface area (Å²) in [7, 11) is 0. The maximum absolute atomic E-state index is 13.6. The van der Waals surface area contributed by atoms with E-state index >= 15 is 0 Å². The fourth-order valence-electron chi connectivity index (χ4n) is 1.70. The highest BCUT2D eigenvalue weighted by Crippen LogP contribution is 2.74. The predicted molar refractivity (Wildman–Crippen MR) is 151 cm³/mol. The number of halogens is 21. The van der Waals surface area contributed by atoms with Crippen molar-refractivity contribution >= 4 is 244 Å². The first-order valence-electron chi connectivity index (χ1n) is 6.42. The number of alkyl halides is 21. The van der Waals surface area contributed by atoms with Crippen LogP contribution in [0.1, 0.15) is 0 Å². The normalized spacial score (nSPS) is 17.1. The molecule has 0 saturated carbocycles. The predicted octanol–water partition coefficient (Wildman–Crippen LogP) is 12.3. The van der Waals surface area contributed by atoms with Gasteiger partial charge in [0.2, 0.25) is 21.3 Å². The minimum atomic E-state index is -3.79. The summed E-state index contributed by atoms with van der Waals surface area (Å²) in [6.45, 7) is 0. The molecule has 0 heterocycles. The van der Waals surface area contributed by atoms with Crippen molar-refractivity contribution in [3.8, 4) is 0 Å². The van der Waals surface area contributed by atoms with Crippen molar-refractivity contribution in [2.24, 2.45) is 0 Å². The maximum Gasteiger partial charge on any atom is 0.232 e. The molecule has 0 saturated heterocycles. The molecule has 0 atom stereocenters. The van der Waals surface area contributed by atoms with E-state index in [0.717, 1.165) is 0 Å². The fraction of sp³-hybridized carbons (Fsp3) is 1.00. The van der Waals surface area contributed by atoms with Gasteiger partial charge in [-0.1, -0.05) is 244 Å². The van der Waals surface area contributed by atoms with Gasteiger partial charge in [-0.3, -0.25) is 0 Å². The van der Waals surface area contributed by atoms with Crippen LogP contribution in [0, 0.1) is 0 Å². The molecule has 0 amide bonds. The minimum absolute atomic E-state index is 2.73. The lowest BCUT2D eigenvalue weighted by Gasteiger charge is -2.56. The van der Waals surface area contributed by atoms with Crippen LogP contribution in [0.25, 0.3) is 0 Å². The summed E-state index contributed by atoms with van der Waals surface area (Å²) in [6, 6.07) is 0. The van der Waals surface area contributed by atoms with Crippen LogP contribution < -0.4 is 0 Å². The van der Waals surface area contributed by atoms with Gasteiger partial charge in [0.1, 0.15) is 0 Å². The van der Waals surface area contributed by atoms with Gasteiger partial charge in [0.05, 0.1) is 0 Å². The zero-order chi connectivity index (χ0) is 27.0. The van der Waals surface area contributed by atoms with Crippen LogP contribution in [0.3, 0.4) is 0 Å². The highest BCUT2D eigenvalue weighted by molar-refractivity contribution is 6.83. The van der Waals surface area contributed by atoms with E-state index in [9.17, 15) is 5.11 Å². The van der Waals surface area contributed by atoms with Crippen LogP contribution in [0.4, 0.5) is 0 Å². The Labute approximate surface area is 287 Å². The molecule has 0 spiro atoms. The maximum atomic E-state index is 13.6. The average Bonchev–Trinajstić information content (AvgIpc) is 2.49. The highest BCUT2D eigenvalue weighted by atomic mass is 35.6. The average molecular weight is 881 g/mol. The Bertz CT molecular complexity index is 675. The van der Waals surface area contributed by atoms with E-state index in [1.807, 2.05) is 0 Å². The number of hydrogen-bond acceptors (Lipinski definition) is 0. The largest absolute Gasteiger partial charge is 0.232 e. The molecule has 0 aromatic rings. The molecule has 0 rings (SSSR count). The summed E-state index contributed by atoms with van der Waals surface area (Å²) in [5.74, 6) is 0. The summed E-state index contributed by atoms with van der Waals surface area (Å²) in [4.78, 5) is 0. The van der Waals surface area contributed by atoms with Crippen LogP contribution in [0.2, 0.25) is 0 Å². The van der Waals surface area contributed by atoms with Gasteiger partial charge >= 0.3 is 0 Å². The molecule has 193 valence electrons. The highest BCUT2D eigenvalue weighted by Gasteiger charge is 2.85. The molecule has 22 heteroatoms. The molecule has 0 aromatic heterocycles. The molecule has 0 unspecified atom stereocenters. The first kappa shape index (κ1) is 38.0. The van der Waals surface area contributed by atoms with Crippen LogP contribution >= 0.6 is 244 Å². The lowest BCUT2D eigenvalue weighted by atomic mass is 9.94. The third-order valence-corrected chi connectivity index (χ3v) is 15.3. The lowest BCUT2D eigenvalue weighted by Crippen LogP contribution is -2.75. The molecule has 0 N–H and O–H groups in total. The molecular formula is C10Cl21O. The summed E-state index contributed by atoms with van der Waals surface area (Å²) >= 11 is 125. The van der Waals surface area contributed by atoms with Crippen molar-refractivity contribution in [3.63, 3.8) is 0 Å². The summed E-state index contributed by atoms with van der Waals surface area (Å²) in [6.07, 6.45) is 0. The first-order valence-corrected chi connectivity index (χ1v) is 14.4. The van der Waals surface area contributed by atoms with Crippen molar-refractivity contribution in [3.05, 3.63) is 0 Å². The Morgan fingerprint density at radius 3 is 0.625 bits per heavy atom. The van der Waals surface area contributed by atoms with Gasteiger partial charge in [-0.2, -0.15) is 0 Å². The quantitative estimate of drug-likeness (QED) is 0.237. The first-order chi connectivity index (χ1) is 13.2. The van der Waals surface area contributed by atoms with E-state index in [2.05, 4.69) is 0 Å².